The van der Waals surface area contributed by atoms with E-state index < -0.39 is 21.6 Å². The summed E-state index contributed by atoms with van der Waals surface area (Å²) < 4.78 is 64.8. The number of alkyl halides is 3. The smallest absolute Gasteiger partial charge is 0.355 e. The lowest BCUT2D eigenvalue weighted by Crippen LogP contribution is -2.40. The van der Waals surface area contributed by atoms with E-state index in [0.717, 1.165) is 25.6 Å². The second kappa shape index (κ2) is 8.69. The van der Waals surface area contributed by atoms with E-state index in [4.69, 9.17) is 0 Å². The highest BCUT2D eigenvalue weighted by Crippen LogP contribution is 2.38. The highest BCUT2D eigenvalue weighted by Gasteiger charge is 2.36. The molecular weight excluding hydrogens is 471 g/mol. The largest absolute Gasteiger partial charge is 0.419 e. The van der Waals surface area contributed by atoms with Crippen LogP contribution in [0.2, 0.25) is 0 Å². The van der Waals surface area contributed by atoms with Crippen molar-refractivity contribution in [1.82, 2.24) is 25.3 Å². The Balaban J connectivity index is 1.49. The average Bonchev–Trinajstić information content (AvgIpc) is 3.22. The van der Waals surface area contributed by atoms with Crippen molar-refractivity contribution in [2.75, 3.05) is 47.9 Å². The first-order valence-electron chi connectivity index (χ1n) is 11.0. The SMILES string of the molecule is O=S1(=O)CCN(c2ccc3c(-c4nc(N[C@H]5CCCNC5)ncc4C(F)(F)F)c[nH]c3n2)CC1. The van der Waals surface area contributed by atoms with Crippen LogP contribution in [0.25, 0.3) is 22.3 Å². The number of nitrogens with one attached hydrogen (secondary N) is 3. The van der Waals surface area contributed by atoms with Gasteiger partial charge in [-0.2, -0.15) is 13.2 Å². The van der Waals surface area contributed by atoms with Crippen molar-refractivity contribution in [3.63, 3.8) is 0 Å². The van der Waals surface area contributed by atoms with Crippen molar-refractivity contribution in [1.29, 1.82) is 0 Å². The van der Waals surface area contributed by atoms with Gasteiger partial charge in [0.25, 0.3) is 0 Å². The lowest BCUT2D eigenvalue weighted by Gasteiger charge is -2.27. The lowest BCUT2D eigenvalue weighted by molar-refractivity contribution is -0.137. The van der Waals surface area contributed by atoms with Gasteiger partial charge < -0.3 is 20.5 Å². The number of piperidine rings is 1. The van der Waals surface area contributed by atoms with Gasteiger partial charge in [-0.3, -0.25) is 0 Å². The Bertz CT molecular complexity index is 1290. The molecule has 13 heteroatoms. The Hall–Kier alpha value is -2.93. The minimum Gasteiger partial charge on any atom is -0.355 e. The molecule has 182 valence electrons. The molecule has 2 aliphatic rings. The van der Waals surface area contributed by atoms with E-state index in [0.29, 0.717) is 36.5 Å². The first-order chi connectivity index (χ1) is 16.2. The summed E-state index contributed by atoms with van der Waals surface area (Å²) in [6.45, 7) is 2.25. The van der Waals surface area contributed by atoms with E-state index in [1.54, 1.807) is 12.1 Å². The Morgan fingerprint density at radius 1 is 1.15 bits per heavy atom. The summed E-state index contributed by atoms with van der Waals surface area (Å²) in [7, 11) is -3.04. The fourth-order valence-electron chi connectivity index (χ4n) is 4.33. The van der Waals surface area contributed by atoms with Gasteiger partial charge in [0, 0.05) is 49.0 Å². The summed E-state index contributed by atoms with van der Waals surface area (Å²) >= 11 is 0. The summed E-state index contributed by atoms with van der Waals surface area (Å²) in [5.41, 5.74) is -0.474. The number of nitrogens with zero attached hydrogens (tertiary/aromatic N) is 4. The Morgan fingerprint density at radius 3 is 2.65 bits per heavy atom. The van der Waals surface area contributed by atoms with Gasteiger partial charge in [-0.1, -0.05) is 0 Å². The first-order valence-corrected chi connectivity index (χ1v) is 12.9. The molecule has 2 saturated heterocycles. The quantitative estimate of drug-likeness (QED) is 0.506. The summed E-state index contributed by atoms with van der Waals surface area (Å²) in [4.78, 5) is 17.5. The molecule has 2 aliphatic heterocycles. The average molecular weight is 496 g/mol. The summed E-state index contributed by atoms with van der Waals surface area (Å²) in [5, 5.41) is 6.87. The zero-order valence-electron chi connectivity index (χ0n) is 18.2. The minimum atomic E-state index is -4.63. The van der Waals surface area contributed by atoms with Gasteiger partial charge >= 0.3 is 6.18 Å². The van der Waals surface area contributed by atoms with Gasteiger partial charge in [0.15, 0.2) is 9.84 Å². The third kappa shape index (κ3) is 4.67. The van der Waals surface area contributed by atoms with Crippen LogP contribution in [0.4, 0.5) is 24.9 Å². The number of H-pyrrole nitrogens is 1. The maximum Gasteiger partial charge on any atom is 0.419 e. The normalized spacial score (nSPS) is 21.0. The molecule has 3 aromatic heterocycles. The monoisotopic (exact) mass is 495 g/mol. The summed E-state index contributed by atoms with van der Waals surface area (Å²) in [5.74, 6) is 0.808. The number of halogens is 3. The maximum atomic E-state index is 13.8. The molecule has 0 bridgehead atoms. The number of pyridine rings is 1. The van der Waals surface area contributed by atoms with Crippen molar-refractivity contribution < 1.29 is 21.6 Å². The molecular formula is C21H24F3N7O2S. The number of anilines is 2. The molecule has 0 spiro atoms. The number of aromatic amines is 1. The molecule has 3 aromatic rings. The second-order valence-electron chi connectivity index (χ2n) is 8.55. The Labute approximate surface area is 194 Å². The number of sulfone groups is 1. The molecule has 3 N–H and O–H groups in total. The molecule has 0 aliphatic carbocycles. The van der Waals surface area contributed by atoms with Crippen LogP contribution in [-0.2, 0) is 16.0 Å². The molecule has 5 heterocycles. The van der Waals surface area contributed by atoms with Gasteiger partial charge in [0.2, 0.25) is 5.95 Å². The third-order valence-electron chi connectivity index (χ3n) is 6.17. The van der Waals surface area contributed by atoms with E-state index >= 15 is 0 Å². The fourth-order valence-corrected chi connectivity index (χ4v) is 5.53. The zero-order valence-corrected chi connectivity index (χ0v) is 19.0. The van der Waals surface area contributed by atoms with E-state index in [2.05, 4.69) is 30.6 Å². The van der Waals surface area contributed by atoms with Crippen molar-refractivity contribution in [2.45, 2.75) is 25.1 Å². The van der Waals surface area contributed by atoms with Crippen molar-refractivity contribution >= 4 is 32.6 Å². The molecule has 1 atom stereocenters. The molecule has 0 saturated carbocycles. The zero-order chi connectivity index (χ0) is 23.9. The number of rotatable bonds is 4. The van der Waals surface area contributed by atoms with Crippen LogP contribution in [0.15, 0.2) is 24.5 Å². The van der Waals surface area contributed by atoms with Crippen molar-refractivity contribution in [3.8, 4) is 11.3 Å². The van der Waals surface area contributed by atoms with Crippen molar-refractivity contribution in [3.05, 3.63) is 30.1 Å². The maximum absolute atomic E-state index is 13.8. The standard InChI is InChI=1S/C21H24F3N7O2S/c22-21(23,24)16-12-27-20(28-13-2-1-5-25-10-13)30-18(16)15-11-26-19-14(15)3-4-17(29-19)31-6-8-34(32,33)9-7-31/h3-4,11-13,25H,1-2,5-10H2,(H,26,29)(H,27,28,30)/t13-/m0/s1. The summed E-state index contributed by atoms with van der Waals surface area (Å²) in [6, 6.07) is 3.42. The van der Waals surface area contributed by atoms with E-state index in [-0.39, 0.29) is 34.8 Å². The molecule has 0 aromatic carbocycles. The van der Waals surface area contributed by atoms with Gasteiger partial charge in [0.05, 0.1) is 17.2 Å². The molecule has 0 amide bonds. The van der Waals surface area contributed by atoms with Gasteiger partial charge in [0.1, 0.15) is 17.0 Å². The van der Waals surface area contributed by atoms with Crippen LogP contribution < -0.4 is 15.5 Å². The predicted octanol–water partition coefficient (Wildman–Crippen LogP) is 2.44. The third-order valence-corrected chi connectivity index (χ3v) is 7.78. The second-order valence-corrected chi connectivity index (χ2v) is 10.9. The first kappa shape index (κ1) is 22.8. The number of hydrogen-bond acceptors (Lipinski definition) is 8. The number of fused-ring (bicyclic) bond motifs is 1. The molecule has 34 heavy (non-hydrogen) atoms. The van der Waals surface area contributed by atoms with E-state index in [1.165, 1.54) is 6.20 Å². The van der Waals surface area contributed by atoms with E-state index in [9.17, 15) is 21.6 Å². The van der Waals surface area contributed by atoms with Crippen LogP contribution in [0.5, 0.6) is 0 Å². The molecule has 0 unspecified atom stereocenters. The van der Waals surface area contributed by atoms with Crippen LogP contribution in [0, 0.1) is 0 Å². The Kier molecular flexibility index (Phi) is 5.84. The van der Waals surface area contributed by atoms with Crippen LogP contribution in [-0.4, -0.2) is 72.1 Å². The number of hydrogen-bond donors (Lipinski definition) is 3. The molecule has 2 fully saturated rings. The topological polar surface area (TPSA) is 116 Å². The van der Waals surface area contributed by atoms with Crippen LogP contribution >= 0.6 is 0 Å². The predicted molar refractivity (Wildman–Crippen MR) is 123 cm³/mol. The number of aromatic nitrogens is 4. The highest BCUT2D eigenvalue weighted by molar-refractivity contribution is 7.91. The summed E-state index contributed by atoms with van der Waals surface area (Å²) in [6.07, 6.45) is -0.507. The fraction of sp³-hybridized carbons (Fsp3) is 0.476. The van der Waals surface area contributed by atoms with E-state index in [1.807, 2.05) is 4.90 Å². The Morgan fingerprint density at radius 2 is 1.94 bits per heavy atom. The van der Waals surface area contributed by atoms with Gasteiger partial charge in [-0.25, -0.2) is 23.4 Å². The molecule has 5 rings (SSSR count). The molecule has 0 radical (unpaired) electrons. The lowest BCUT2D eigenvalue weighted by atomic mass is 10.1. The van der Waals surface area contributed by atoms with Crippen LogP contribution in [0.1, 0.15) is 18.4 Å². The van der Waals surface area contributed by atoms with Crippen molar-refractivity contribution in [2.24, 2.45) is 0 Å². The van der Waals surface area contributed by atoms with Crippen LogP contribution in [0.3, 0.4) is 0 Å². The minimum absolute atomic E-state index is 0.0406. The molecule has 9 nitrogen and oxygen atoms in total. The van der Waals surface area contributed by atoms with Gasteiger partial charge in [-0.05, 0) is 31.5 Å². The van der Waals surface area contributed by atoms with Gasteiger partial charge in [-0.15, -0.1) is 0 Å². The highest BCUT2D eigenvalue weighted by atomic mass is 32.2.